The molecule has 1 unspecified atom stereocenters. The number of hydrogen-bond acceptors (Lipinski definition) is 3. The summed E-state index contributed by atoms with van der Waals surface area (Å²) in [7, 11) is 1.86. The first kappa shape index (κ1) is 20.2. The van der Waals surface area contributed by atoms with E-state index in [0.29, 0.717) is 11.8 Å². The molecule has 5 nitrogen and oxygen atoms in total. The highest BCUT2D eigenvalue weighted by Gasteiger charge is 2.24. The lowest BCUT2D eigenvalue weighted by Crippen LogP contribution is -2.48. The molecule has 28 heavy (non-hydrogen) atoms. The van der Waals surface area contributed by atoms with E-state index in [4.69, 9.17) is 4.74 Å². The van der Waals surface area contributed by atoms with Crippen molar-refractivity contribution in [1.82, 2.24) is 15.2 Å². The second-order valence-electron chi connectivity index (χ2n) is 7.68. The van der Waals surface area contributed by atoms with Gasteiger partial charge in [0.2, 0.25) is 0 Å². The fourth-order valence-corrected chi connectivity index (χ4v) is 3.74. The number of aromatic nitrogens is 1. The maximum atomic E-state index is 6.11. The third-order valence-electron chi connectivity index (χ3n) is 5.40. The van der Waals surface area contributed by atoms with Crippen LogP contribution in [0.5, 0.6) is 5.75 Å². The number of nitrogens with one attached hydrogen (secondary N) is 1. The minimum absolute atomic E-state index is 0.274. The fourth-order valence-electron chi connectivity index (χ4n) is 3.74. The van der Waals surface area contributed by atoms with Crippen LogP contribution in [0.3, 0.4) is 0 Å². The zero-order chi connectivity index (χ0) is 19.8. The number of likely N-dealkylation sites (tertiary alicyclic amines) is 1. The molecule has 1 N–H and O–H groups in total. The Morgan fingerprint density at radius 3 is 2.54 bits per heavy atom. The maximum Gasteiger partial charge on any atom is 0.193 e. The second-order valence-corrected chi connectivity index (χ2v) is 7.68. The van der Waals surface area contributed by atoms with Crippen LogP contribution in [0.1, 0.15) is 38.2 Å². The van der Waals surface area contributed by atoms with Gasteiger partial charge in [-0.15, -0.1) is 0 Å². The minimum Gasteiger partial charge on any atom is -0.490 e. The number of guanidine groups is 1. The van der Waals surface area contributed by atoms with E-state index in [1.54, 1.807) is 0 Å². The number of ether oxygens (including phenoxy) is 1. The third-order valence-corrected chi connectivity index (χ3v) is 5.40. The van der Waals surface area contributed by atoms with E-state index in [1.165, 1.54) is 5.56 Å². The number of hydrogen-bond donors (Lipinski definition) is 1. The number of aliphatic imine (C=N–C) groups is 1. The summed E-state index contributed by atoms with van der Waals surface area (Å²) in [4.78, 5) is 11.1. The number of rotatable bonds is 6. The predicted octanol–water partition coefficient (Wildman–Crippen LogP) is 3.94. The zero-order valence-electron chi connectivity index (χ0n) is 17.2. The first-order valence-electron chi connectivity index (χ1n) is 10.2. The van der Waals surface area contributed by atoms with Gasteiger partial charge in [0.25, 0.3) is 0 Å². The Hall–Kier alpha value is -2.56. The lowest BCUT2D eigenvalue weighted by atomic mass is 9.89. The van der Waals surface area contributed by atoms with Gasteiger partial charge in [-0.1, -0.05) is 38.1 Å². The van der Waals surface area contributed by atoms with Gasteiger partial charge in [0.05, 0.1) is 0 Å². The molecule has 0 radical (unpaired) electrons. The topological polar surface area (TPSA) is 49.8 Å². The van der Waals surface area contributed by atoms with Crippen molar-refractivity contribution in [2.75, 3.05) is 26.7 Å². The molecule has 5 heteroatoms. The quantitative estimate of drug-likeness (QED) is 0.609. The SMILES string of the molecule is CN=C(NCC(c1cccnc1)C(C)C)N1CCC(Oc2ccccc2)CC1. The summed E-state index contributed by atoms with van der Waals surface area (Å²) in [5.41, 5.74) is 1.27. The summed E-state index contributed by atoms with van der Waals surface area (Å²) in [6.45, 7) is 7.28. The molecule has 1 saturated heterocycles. The molecule has 2 heterocycles. The monoisotopic (exact) mass is 380 g/mol. The first-order valence-corrected chi connectivity index (χ1v) is 10.2. The summed E-state index contributed by atoms with van der Waals surface area (Å²) in [5, 5.41) is 3.59. The van der Waals surface area contributed by atoms with Crippen LogP contribution < -0.4 is 10.1 Å². The zero-order valence-corrected chi connectivity index (χ0v) is 17.2. The molecule has 0 bridgehead atoms. The molecule has 0 spiro atoms. The maximum absolute atomic E-state index is 6.11. The molecule has 0 saturated carbocycles. The van der Waals surface area contributed by atoms with E-state index in [9.17, 15) is 0 Å². The highest BCUT2D eigenvalue weighted by Crippen LogP contribution is 2.23. The van der Waals surface area contributed by atoms with Crippen LogP contribution in [0.15, 0.2) is 59.9 Å². The van der Waals surface area contributed by atoms with E-state index in [-0.39, 0.29) is 6.10 Å². The molecule has 1 aromatic carbocycles. The van der Waals surface area contributed by atoms with Gasteiger partial charge >= 0.3 is 0 Å². The Morgan fingerprint density at radius 2 is 1.93 bits per heavy atom. The normalized spacial score (nSPS) is 16.9. The largest absolute Gasteiger partial charge is 0.490 e. The summed E-state index contributed by atoms with van der Waals surface area (Å²) in [6.07, 6.45) is 6.09. The van der Waals surface area contributed by atoms with Crippen molar-refractivity contribution in [1.29, 1.82) is 0 Å². The number of benzene rings is 1. The Kier molecular flexibility index (Phi) is 7.29. The van der Waals surface area contributed by atoms with Gasteiger partial charge < -0.3 is 15.0 Å². The van der Waals surface area contributed by atoms with Crippen molar-refractivity contribution in [3.63, 3.8) is 0 Å². The lowest BCUT2D eigenvalue weighted by Gasteiger charge is -2.35. The summed E-state index contributed by atoms with van der Waals surface area (Å²) < 4.78 is 6.11. The van der Waals surface area contributed by atoms with Gasteiger partial charge in [-0.2, -0.15) is 0 Å². The molecule has 1 aliphatic rings. The summed E-state index contributed by atoms with van der Waals surface area (Å²) in [5.74, 6) is 2.87. The number of pyridine rings is 1. The summed E-state index contributed by atoms with van der Waals surface area (Å²) in [6, 6.07) is 14.3. The van der Waals surface area contributed by atoms with Gasteiger partial charge in [-0.25, -0.2) is 0 Å². The molecule has 3 rings (SSSR count). The molecule has 1 fully saturated rings. The summed E-state index contributed by atoms with van der Waals surface area (Å²) >= 11 is 0. The van der Waals surface area contributed by atoms with Crippen LogP contribution in [0.2, 0.25) is 0 Å². The Balaban J connectivity index is 1.52. The Morgan fingerprint density at radius 1 is 1.18 bits per heavy atom. The predicted molar refractivity (Wildman–Crippen MR) is 115 cm³/mol. The third kappa shape index (κ3) is 5.47. The van der Waals surface area contributed by atoms with Crippen molar-refractivity contribution >= 4 is 5.96 Å². The van der Waals surface area contributed by atoms with Crippen LogP contribution in [0.25, 0.3) is 0 Å². The Bertz CT molecular complexity index is 725. The molecule has 1 aromatic heterocycles. The van der Waals surface area contributed by atoms with Crippen molar-refractivity contribution < 1.29 is 4.74 Å². The fraction of sp³-hybridized carbons (Fsp3) is 0.478. The van der Waals surface area contributed by atoms with E-state index in [0.717, 1.165) is 44.2 Å². The second kappa shape index (κ2) is 10.1. The molecular weight excluding hydrogens is 348 g/mol. The van der Waals surface area contributed by atoms with Crippen LogP contribution in [0, 0.1) is 5.92 Å². The molecule has 150 valence electrons. The molecule has 0 amide bonds. The van der Waals surface area contributed by atoms with Gasteiger partial charge in [-0.05, 0) is 29.7 Å². The van der Waals surface area contributed by atoms with Crippen molar-refractivity contribution in [3.05, 3.63) is 60.4 Å². The standard InChI is InChI=1S/C23H32N4O/c1-18(2)22(19-8-7-13-25-16-19)17-26-23(24-3)27-14-11-21(12-15-27)28-20-9-5-4-6-10-20/h4-10,13,16,18,21-22H,11-12,14-15,17H2,1-3H3,(H,24,26). The average Bonchev–Trinajstić information content (AvgIpc) is 2.73. The molecule has 0 aliphatic carbocycles. The molecule has 1 atom stereocenters. The van der Waals surface area contributed by atoms with Crippen LogP contribution in [-0.4, -0.2) is 48.6 Å². The van der Waals surface area contributed by atoms with Crippen LogP contribution in [0.4, 0.5) is 0 Å². The van der Waals surface area contributed by atoms with E-state index in [2.05, 4.69) is 40.1 Å². The Labute approximate surface area is 168 Å². The van der Waals surface area contributed by atoms with Crippen molar-refractivity contribution in [2.45, 2.75) is 38.7 Å². The van der Waals surface area contributed by atoms with Crippen LogP contribution >= 0.6 is 0 Å². The van der Waals surface area contributed by atoms with Crippen LogP contribution in [-0.2, 0) is 0 Å². The highest BCUT2D eigenvalue weighted by atomic mass is 16.5. The van der Waals surface area contributed by atoms with E-state index >= 15 is 0 Å². The smallest absolute Gasteiger partial charge is 0.193 e. The minimum atomic E-state index is 0.274. The average molecular weight is 381 g/mol. The van der Waals surface area contributed by atoms with Gasteiger partial charge in [-0.3, -0.25) is 9.98 Å². The van der Waals surface area contributed by atoms with E-state index < -0.39 is 0 Å². The van der Waals surface area contributed by atoms with E-state index in [1.807, 2.05) is 55.8 Å². The number of piperidine rings is 1. The lowest BCUT2D eigenvalue weighted by molar-refractivity contribution is 0.129. The number of para-hydroxylation sites is 1. The van der Waals surface area contributed by atoms with Crippen molar-refractivity contribution in [2.24, 2.45) is 10.9 Å². The first-order chi connectivity index (χ1) is 13.7. The molecular formula is C23H32N4O. The van der Waals surface area contributed by atoms with Gasteiger partial charge in [0.1, 0.15) is 11.9 Å². The van der Waals surface area contributed by atoms with Gasteiger partial charge in [0.15, 0.2) is 5.96 Å². The number of nitrogens with zero attached hydrogens (tertiary/aromatic N) is 3. The molecule has 2 aromatic rings. The highest BCUT2D eigenvalue weighted by molar-refractivity contribution is 5.80. The van der Waals surface area contributed by atoms with Crippen molar-refractivity contribution in [3.8, 4) is 5.75 Å². The molecule has 1 aliphatic heterocycles. The van der Waals surface area contributed by atoms with Gasteiger partial charge in [0, 0.05) is 57.8 Å².